The van der Waals surface area contributed by atoms with E-state index in [1.54, 1.807) is 0 Å². The van der Waals surface area contributed by atoms with Gasteiger partial charge in [-0.25, -0.2) is 14.7 Å². The zero-order valence-corrected chi connectivity index (χ0v) is 12.8. The van der Waals surface area contributed by atoms with Crippen LogP contribution < -0.4 is 17.0 Å². The molecule has 4 saturated heterocycles. The van der Waals surface area contributed by atoms with Crippen LogP contribution >= 0.6 is 15.9 Å². The van der Waals surface area contributed by atoms with Crippen LogP contribution in [0.25, 0.3) is 0 Å². The molecule has 94 valence electrons. The Kier molecular flexibility index (Phi) is 4.30. The number of rotatable bonds is 4. The zero-order chi connectivity index (χ0) is 10.3. The van der Waals surface area contributed by atoms with Gasteiger partial charge in [-0.3, -0.25) is 4.48 Å². The van der Waals surface area contributed by atoms with Gasteiger partial charge in [-0.05, 0) is 12.8 Å². The standard InChI is InChI=1S/C10H20BrN4.BrH/c11-3-1-2-4-15-8-12-5-13(9-15)7-14(6-12)10-15;/h1-10H2;1H/q+1;/p-1. The van der Waals surface area contributed by atoms with Crippen LogP contribution in [-0.2, 0) is 0 Å². The largest absolute Gasteiger partial charge is 1.00 e. The van der Waals surface area contributed by atoms with Crippen LogP contribution in [0.5, 0.6) is 0 Å². The van der Waals surface area contributed by atoms with Crippen molar-refractivity contribution in [2.45, 2.75) is 12.8 Å². The molecule has 0 aromatic rings. The van der Waals surface area contributed by atoms with Crippen molar-refractivity contribution in [1.29, 1.82) is 0 Å². The summed E-state index contributed by atoms with van der Waals surface area (Å²) in [5.41, 5.74) is 0. The van der Waals surface area contributed by atoms with E-state index >= 15 is 0 Å². The monoisotopic (exact) mass is 354 g/mol. The van der Waals surface area contributed by atoms with Crippen molar-refractivity contribution in [1.82, 2.24) is 14.7 Å². The van der Waals surface area contributed by atoms with Crippen LogP contribution in [0.3, 0.4) is 0 Å². The Labute approximate surface area is 117 Å². The summed E-state index contributed by atoms with van der Waals surface area (Å²) < 4.78 is 1.30. The minimum Gasteiger partial charge on any atom is -1.00 e. The lowest BCUT2D eigenvalue weighted by Gasteiger charge is -2.60. The summed E-state index contributed by atoms with van der Waals surface area (Å²) in [7, 11) is 0. The van der Waals surface area contributed by atoms with Crippen LogP contribution in [0.2, 0.25) is 0 Å². The third-order valence-electron chi connectivity index (χ3n) is 3.72. The molecule has 0 aliphatic carbocycles. The first kappa shape index (κ1) is 13.2. The van der Waals surface area contributed by atoms with Crippen molar-refractivity contribution in [3.8, 4) is 0 Å². The SMILES string of the molecule is BrCCCC[N+]12CN3CN(CN(C3)C1)C2.[Br-]. The summed E-state index contributed by atoms with van der Waals surface area (Å²) in [6, 6.07) is 0. The Hall–Kier alpha value is 0.800. The van der Waals surface area contributed by atoms with Gasteiger partial charge in [0.2, 0.25) is 0 Å². The first-order valence-corrected chi connectivity index (χ1v) is 7.00. The zero-order valence-electron chi connectivity index (χ0n) is 9.62. The third-order valence-corrected chi connectivity index (χ3v) is 4.28. The number of hydrogen-bond donors (Lipinski definition) is 0. The van der Waals surface area contributed by atoms with Crippen molar-refractivity contribution in [2.75, 3.05) is 51.9 Å². The van der Waals surface area contributed by atoms with Crippen LogP contribution in [0, 0.1) is 0 Å². The van der Waals surface area contributed by atoms with E-state index in [9.17, 15) is 0 Å². The molecule has 0 aromatic carbocycles. The molecule has 0 N–H and O–H groups in total. The first-order chi connectivity index (χ1) is 7.30. The molecule has 4 heterocycles. The molecule has 0 atom stereocenters. The Bertz CT molecular complexity index is 214. The van der Waals surface area contributed by atoms with Crippen molar-refractivity contribution < 1.29 is 21.5 Å². The maximum Gasteiger partial charge on any atom is 0.139 e. The quantitative estimate of drug-likeness (QED) is 0.318. The van der Waals surface area contributed by atoms with Gasteiger partial charge in [-0.1, -0.05) is 15.9 Å². The molecule has 4 bridgehead atoms. The smallest absolute Gasteiger partial charge is 0.139 e. The normalized spacial score (nSPS) is 44.4. The number of halogens is 2. The van der Waals surface area contributed by atoms with E-state index in [-0.39, 0.29) is 17.0 Å². The molecule has 6 heteroatoms. The van der Waals surface area contributed by atoms with Crippen LogP contribution in [0.4, 0.5) is 0 Å². The molecule has 4 aliphatic heterocycles. The summed E-state index contributed by atoms with van der Waals surface area (Å²) in [5, 5.41) is 1.16. The molecule has 4 nitrogen and oxygen atoms in total. The van der Waals surface area contributed by atoms with E-state index < -0.39 is 0 Å². The highest BCUT2D eigenvalue weighted by molar-refractivity contribution is 9.09. The summed E-state index contributed by atoms with van der Waals surface area (Å²) in [6.07, 6.45) is 2.68. The number of unbranched alkanes of at least 4 members (excludes halogenated alkanes) is 1. The highest BCUT2D eigenvalue weighted by Crippen LogP contribution is 2.28. The predicted molar refractivity (Wildman–Crippen MR) is 62.9 cm³/mol. The van der Waals surface area contributed by atoms with E-state index in [1.165, 1.54) is 63.9 Å². The van der Waals surface area contributed by atoms with Gasteiger partial charge in [0, 0.05) is 5.33 Å². The second kappa shape index (κ2) is 5.20. The fraction of sp³-hybridized carbons (Fsp3) is 1.00. The van der Waals surface area contributed by atoms with Gasteiger partial charge in [0.25, 0.3) is 0 Å². The summed E-state index contributed by atoms with van der Waals surface area (Å²) in [6.45, 7) is 8.83. The molecule has 0 amide bonds. The van der Waals surface area contributed by atoms with E-state index in [0.29, 0.717) is 0 Å². The molecule has 4 aliphatic rings. The summed E-state index contributed by atoms with van der Waals surface area (Å²) >= 11 is 3.52. The fourth-order valence-electron chi connectivity index (χ4n) is 3.41. The molecule has 0 spiro atoms. The number of hydrogen-bond acceptors (Lipinski definition) is 3. The minimum atomic E-state index is 0. The Morgan fingerprint density at radius 2 is 1.38 bits per heavy atom. The fourth-order valence-corrected chi connectivity index (χ4v) is 3.81. The Morgan fingerprint density at radius 1 is 0.875 bits per heavy atom. The van der Waals surface area contributed by atoms with Gasteiger partial charge in [-0.2, -0.15) is 0 Å². The number of quaternary nitrogens is 1. The van der Waals surface area contributed by atoms with E-state index in [1.807, 2.05) is 0 Å². The lowest BCUT2D eigenvalue weighted by Crippen LogP contribution is -3.00. The lowest BCUT2D eigenvalue weighted by molar-refractivity contribution is -0.980. The molecule has 4 rings (SSSR count). The number of alkyl halides is 1. The van der Waals surface area contributed by atoms with Gasteiger partial charge < -0.3 is 17.0 Å². The topological polar surface area (TPSA) is 9.72 Å². The van der Waals surface area contributed by atoms with E-state index in [0.717, 1.165) is 5.33 Å². The Balaban J connectivity index is 0.000000963. The van der Waals surface area contributed by atoms with Crippen LogP contribution in [-0.4, -0.2) is 71.1 Å². The van der Waals surface area contributed by atoms with Crippen LogP contribution in [0.15, 0.2) is 0 Å². The summed E-state index contributed by atoms with van der Waals surface area (Å²) in [5.74, 6) is 0. The lowest BCUT2D eigenvalue weighted by atomic mass is 10.2. The highest BCUT2D eigenvalue weighted by atomic mass is 79.9. The van der Waals surface area contributed by atoms with Crippen LogP contribution in [0.1, 0.15) is 12.8 Å². The van der Waals surface area contributed by atoms with E-state index in [2.05, 4.69) is 30.6 Å². The van der Waals surface area contributed by atoms with Crippen molar-refractivity contribution in [3.05, 3.63) is 0 Å². The summed E-state index contributed by atoms with van der Waals surface area (Å²) in [4.78, 5) is 7.76. The van der Waals surface area contributed by atoms with Gasteiger partial charge in [0.05, 0.1) is 26.6 Å². The molecular formula is C10H20Br2N4. The van der Waals surface area contributed by atoms with Gasteiger partial charge in [0.15, 0.2) is 0 Å². The minimum absolute atomic E-state index is 0. The second-order valence-corrected chi connectivity index (χ2v) is 6.12. The maximum absolute atomic E-state index is 3.52. The molecule has 4 fully saturated rings. The van der Waals surface area contributed by atoms with Crippen molar-refractivity contribution in [2.24, 2.45) is 0 Å². The molecular weight excluding hydrogens is 336 g/mol. The second-order valence-electron chi connectivity index (χ2n) is 5.32. The molecule has 16 heavy (non-hydrogen) atoms. The predicted octanol–water partition coefficient (Wildman–Crippen LogP) is -2.33. The van der Waals surface area contributed by atoms with Crippen molar-refractivity contribution in [3.63, 3.8) is 0 Å². The molecule has 0 unspecified atom stereocenters. The first-order valence-electron chi connectivity index (χ1n) is 5.88. The van der Waals surface area contributed by atoms with Crippen molar-refractivity contribution >= 4 is 15.9 Å². The average molecular weight is 356 g/mol. The Morgan fingerprint density at radius 3 is 1.81 bits per heavy atom. The molecule has 0 radical (unpaired) electrons. The van der Waals surface area contributed by atoms with Gasteiger partial charge >= 0.3 is 0 Å². The molecule has 0 aromatic heterocycles. The van der Waals surface area contributed by atoms with E-state index in [4.69, 9.17) is 0 Å². The average Bonchev–Trinajstić information content (AvgIpc) is 2.15. The van der Waals surface area contributed by atoms with Gasteiger partial charge in [0.1, 0.15) is 20.0 Å². The maximum atomic E-state index is 3.52. The van der Waals surface area contributed by atoms with Gasteiger partial charge in [-0.15, -0.1) is 0 Å². The highest BCUT2D eigenvalue weighted by Gasteiger charge is 2.47. The molecule has 0 saturated carbocycles. The third kappa shape index (κ3) is 2.47. The number of nitrogens with zero attached hydrogens (tertiary/aromatic N) is 4.